The molecular weight excluding hydrogens is 240 g/mol. The number of thioether (sulfide) groups is 1. The highest BCUT2D eigenvalue weighted by molar-refractivity contribution is 8.00. The molecule has 1 aromatic rings. The Hall–Kier alpha value is -0.760. The average Bonchev–Trinajstić information content (AvgIpc) is 2.98. The van der Waals surface area contributed by atoms with E-state index in [0.717, 1.165) is 11.8 Å². The lowest BCUT2D eigenvalue weighted by Crippen LogP contribution is -2.22. The van der Waals surface area contributed by atoms with Crippen molar-refractivity contribution in [1.29, 1.82) is 0 Å². The molecule has 0 aromatic heterocycles. The summed E-state index contributed by atoms with van der Waals surface area (Å²) in [6.07, 6.45) is 5.18. The highest BCUT2D eigenvalue weighted by Gasteiger charge is 2.42. The predicted molar refractivity (Wildman–Crippen MR) is 75.8 cm³/mol. The molecule has 2 aliphatic carbocycles. The first kappa shape index (κ1) is 12.3. The van der Waals surface area contributed by atoms with Crippen molar-refractivity contribution < 1.29 is 4.79 Å². The van der Waals surface area contributed by atoms with Gasteiger partial charge in [-0.1, -0.05) is 24.1 Å². The van der Waals surface area contributed by atoms with Crippen LogP contribution in [-0.2, 0) is 4.79 Å². The number of aryl methyl sites for hydroxylation is 1. The maximum atomic E-state index is 12.3. The maximum Gasteiger partial charge on any atom is 0.146 e. The number of hydrogen-bond acceptors (Lipinski definition) is 2. The number of rotatable bonds is 4. The summed E-state index contributed by atoms with van der Waals surface area (Å²) >= 11 is 1.71. The Morgan fingerprint density at radius 2 is 2.22 bits per heavy atom. The molecule has 1 aromatic carbocycles. The summed E-state index contributed by atoms with van der Waals surface area (Å²) in [5.41, 5.74) is 1.27. The summed E-state index contributed by atoms with van der Waals surface area (Å²) in [5.74, 6) is 3.14. The van der Waals surface area contributed by atoms with Crippen LogP contribution in [0.1, 0.15) is 31.2 Å². The molecule has 2 fully saturated rings. The van der Waals surface area contributed by atoms with E-state index in [2.05, 4.69) is 31.2 Å². The molecule has 2 aliphatic rings. The molecular formula is C16H20OS. The quantitative estimate of drug-likeness (QED) is 0.758. The van der Waals surface area contributed by atoms with E-state index < -0.39 is 0 Å². The summed E-state index contributed by atoms with van der Waals surface area (Å²) in [6, 6.07) is 8.44. The SMILES string of the molecule is Cc1cccc(SCC(=O)C2CC3CCC2C3)c1. The van der Waals surface area contributed by atoms with E-state index in [-0.39, 0.29) is 0 Å². The number of carbonyl (C=O) groups excluding carboxylic acids is 1. The topological polar surface area (TPSA) is 17.1 Å². The van der Waals surface area contributed by atoms with Crippen LogP contribution in [0.15, 0.2) is 29.2 Å². The van der Waals surface area contributed by atoms with Gasteiger partial charge in [-0.3, -0.25) is 4.79 Å². The smallest absolute Gasteiger partial charge is 0.146 e. The van der Waals surface area contributed by atoms with Gasteiger partial charge in [0.1, 0.15) is 5.78 Å². The first-order valence-electron chi connectivity index (χ1n) is 6.94. The number of hydrogen-bond donors (Lipinski definition) is 0. The second-order valence-corrected chi connectivity index (χ2v) is 6.90. The molecule has 3 rings (SSSR count). The summed E-state index contributed by atoms with van der Waals surface area (Å²) in [4.78, 5) is 13.5. The van der Waals surface area contributed by atoms with Gasteiger partial charge >= 0.3 is 0 Å². The third kappa shape index (κ3) is 2.49. The van der Waals surface area contributed by atoms with Gasteiger partial charge in [-0.2, -0.15) is 0 Å². The zero-order chi connectivity index (χ0) is 12.5. The van der Waals surface area contributed by atoms with Gasteiger partial charge in [0.25, 0.3) is 0 Å². The lowest BCUT2D eigenvalue weighted by Gasteiger charge is -2.20. The molecule has 3 unspecified atom stereocenters. The van der Waals surface area contributed by atoms with E-state index in [4.69, 9.17) is 0 Å². The summed E-state index contributed by atoms with van der Waals surface area (Å²) in [7, 11) is 0. The normalized spacial score (nSPS) is 29.7. The van der Waals surface area contributed by atoms with E-state index in [0.29, 0.717) is 17.5 Å². The Labute approximate surface area is 113 Å². The van der Waals surface area contributed by atoms with Gasteiger partial charge in [0, 0.05) is 10.8 Å². The van der Waals surface area contributed by atoms with Gasteiger partial charge in [-0.25, -0.2) is 0 Å². The standard InChI is InChI=1S/C16H20OS/c1-11-3-2-4-14(7-11)18-10-16(17)15-9-12-5-6-13(15)8-12/h2-4,7,12-13,15H,5-6,8-10H2,1H3. The minimum Gasteiger partial charge on any atom is -0.298 e. The van der Waals surface area contributed by atoms with Crippen molar-refractivity contribution in [3.8, 4) is 0 Å². The molecule has 2 saturated carbocycles. The van der Waals surface area contributed by atoms with E-state index >= 15 is 0 Å². The second kappa shape index (κ2) is 5.08. The Morgan fingerprint density at radius 1 is 1.33 bits per heavy atom. The third-order valence-electron chi connectivity index (χ3n) is 4.52. The Balaban J connectivity index is 1.56. The fourth-order valence-electron chi connectivity index (χ4n) is 3.61. The fourth-order valence-corrected chi connectivity index (χ4v) is 4.57. The lowest BCUT2D eigenvalue weighted by atomic mass is 9.86. The molecule has 3 atom stereocenters. The van der Waals surface area contributed by atoms with Crippen LogP contribution in [0.2, 0.25) is 0 Å². The van der Waals surface area contributed by atoms with Gasteiger partial charge in [0.15, 0.2) is 0 Å². The van der Waals surface area contributed by atoms with Gasteiger partial charge < -0.3 is 0 Å². The first-order chi connectivity index (χ1) is 8.72. The second-order valence-electron chi connectivity index (χ2n) is 5.85. The average molecular weight is 260 g/mol. The zero-order valence-electron chi connectivity index (χ0n) is 10.9. The minimum atomic E-state index is 0.390. The van der Waals surface area contributed by atoms with Gasteiger partial charge in [-0.15, -0.1) is 11.8 Å². The van der Waals surface area contributed by atoms with Crippen molar-refractivity contribution in [3.63, 3.8) is 0 Å². The van der Waals surface area contributed by atoms with Crippen LogP contribution in [0.25, 0.3) is 0 Å². The van der Waals surface area contributed by atoms with E-state index in [1.807, 2.05) is 0 Å². The van der Waals surface area contributed by atoms with E-state index in [1.54, 1.807) is 11.8 Å². The largest absolute Gasteiger partial charge is 0.298 e. The predicted octanol–water partition coefficient (Wildman–Crippen LogP) is 4.09. The zero-order valence-corrected chi connectivity index (χ0v) is 11.7. The highest BCUT2D eigenvalue weighted by atomic mass is 32.2. The number of ketones is 1. The van der Waals surface area contributed by atoms with Crippen LogP contribution in [0.4, 0.5) is 0 Å². The van der Waals surface area contributed by atoms with Crippen molar-refractivity contribution in [1.82, 2.24) is 0 Å². The molecule has 18 heavy (non-hydrogen) atoms. The van der Waals surface area contributed by atoms with Crippen LogP contribution in [0.5, 0.6) is 0 Å². The van der Waals surface area contributed by atoms with Crippen LogP contribution < -0.4 is 0 Å². The molecule has 2 heteroatoms. The molecule has 0 heterocycles. The molecule has 0 saturated heterocycles. The summed E-state index contributed by atoms with van der Waals surface area (Å²) < 4.78 is 0. The monoisotopic (exact) mass is 260 g/mol. The molecule has 0 amide bonds. The molecule has 0 aliphatic heterocycles. The number of benzene rings is 1. The Morgan fingerprint density at radius 3 is 2.89 bits per heavy atom. The third-order valence-corrected chi connectivity index (χ3v) is 5.54. The van der Waals surface area contributed by atoms with Crippen molar-refractivity contribution in [2.45, 2.75) is 37.5 Å². The maximum absolute atomic E-state index is 12.3. The molecule has 0 radical (unpaired) electrons. The van der Waals surface area contributed by atoms with Crippen molar-refractivity contribution in [2.24, 2.45) is 17.8 Å². The van der Waals surface area contributed by atoms with Gasteiger partial charge in [0.2, 0.25) is 0 Å². The van der Waals surface area contributed by atoms with Crippen LogP contribution in [-0.4, -0.2) is 11.5 Å². The van der Waals surface area contributed by atoms with Gasteiger partial charge in [-0.05, 0) is 50.2 Å². The summed E-state index contributed by atoms with van der Waals surface area (Å²) in [6.45, 7) is 2.10. The molecule has 2 bridgehead atoms. The van der Waals surface area contributed by atoms with E-state index in [1.165, 1.54) is 36.1 Å². The summed E-state index contributed by atoms with van der Waals surface area (Å²) in [5, 5.41) is 0. The minimum absolute atomic E-state index is 0.390. The van der Waals surface area contributed by atoms with Crippen molar-refractivity contribution in [2.75, 3.05) is 5.75 Å². The molecule has 0 N–H and O–H groups in total. The number of carbonyl (C=O) groups is 1. The molecule has 96 valence electrons. The Bertz CT molecular complexity index is 454. The van der Waals surface area contributed by atoms with Crippen LogP contribution in [0.3, 0.4) is 0 Å². The van der Waals surface area contributed by atoms with E-state index in [9.17, 15) is 4.79 Å². The van der Waals surface area contributed by atoms with Crippen molar-refractivity contribution in [3.05, 3.63) is 29.8 Å². The molecule has 1 nitrogen and oxygen atoms in total. The highest BCUT2D eigenvalue weighted by Crippen LogP contribution is 2.48. The van der Waals surface area contributed by atoms with Crippen LogP contribution in [0, 0.1) is 24.7 Å². The molecule has 0 spiro atoms. The number of fused-ring (bicyclic) bond motifs is 2. The van der Waals surface area contributed by atoms with Crippen LogP contribution >= 0.6 is 11.8 Å². The fraction of sp³-hybridized carbons (Fsp3) is 0.562. The number of Topliss-reactive ketones (excluding diaryl/α,β-unsaturated/α-hetero) is 1. The Kier molecular flexibility index (Phi) is 3.47. The lowest BCUT2D eigenvalue weighted by molar-refractivity contribution is -0.121. The van der Waals surface area contributed by atoms with Crippen molar-refractivity contribution >= 4 is 17.5 Å². The first-order valence-corrected chi connectivity index (χ1v) is 7.93. The van der Waals surface area contributed by atoms with Gasteiger partial charge in [0.05, 0.1) is 5.75 Å².